The van der Waals surface area contributed by atoms with Gasteiger partial charge >= 0.3 is 0 Å². The van der Waals surface area contributed by atoms with Gasteiger partial charge in [0.1, 0.15) is 10.0 Å². The van der Waals surface area contributed by atoms with Gasteiger partial charge in [-0.25, -0.2) is 0 Å². The lowest BCUT2D eigenvalue weighted by molar-refractivity contribution is 0.309. The number of hydrogen-bond acceptors (Lipinski definition) is 4. The first-order valence-corrected chi connectivity index (χ1v) is 5.56. The lowest BCUT2D eigenvalue weighted by Crippen LogP contribution is -2.20. The van der Waals surface area contributed by atoms with Crippen LogP contribution in [0.3, 0.4) is 0 Å². The summed E-state index contributed by atoms with van der Waals surface area (Å²) in [5.74, 6) is 0.912. The molecule has 0 N–H and O–H groups in total. The highest BCUT2D eigenvalue weighted by Gasteiger charge is 2.23. The van der Waals surface area contributed by atoms with Crippen LogP contribution in [0, 0.1) is 5.92 Å². The molecule has 0 aromatic carbocycles. The monoisotopic (exact) mass is 217 g/mol. The maximum atomic E-state index is 5.90. The van der Waals surface area contributed by atoms with Crippen molar-refractivity contribution in [1.29, 1.82) is 0 Å². The summed E-state index contributed by atoms with van der Waals surface area (Å²) < 4.78 is 4.53. The van der Waals surface area contributed by atoms with E-state index in [2.05, 4.69) is 21.5 Å². The molecule has 1 fully saturated rings. The van der Waals surface area contributed by atoms with E-state index in [1.165, 1.54) is 24.4 Å². The largest absolute Gasteiger partial charge is 0.300 e. The van der Waals surface area contributed by atoms with Gasteiger partial charge in [-0.1, -0.05) is 16.1 Å². The predicted octanol–water partition coefficient (Wildman–Crippen LogP) is 2.03. The van der Waals surface area contributed by atoms with Crippen molar-refractivity contribution in [3.8, 4) is 0 Å². The van der Waals surface area contributed by atoms with E-state index in [-0.39, 0.29) is 0 Å². The molecule has 0 unspecified atom stereocenters. The molecule has 0 saturated heterocycles. The highest BCUT2D eigenvalue weighted by molar-refractivity contribution is 7.10. The SMILES string of the molecule is CN(Cc1nnsc1Cl)CC1CC1. The molecule has 1 aliphatic rings. The Kier molecular flexibility index (Phi) is 2.81. The Balaban J connectivity index is 1.85. The van der Waals surface area contributed by atoms with Crippen LogP contribution < -0.4 is 0 Å². The lowest BCUT2D eigenvalue weighted by atomic mass is 10.3. The van der Waals surface area contributed by atoms with Gasteiger partial charge in [0.15, 0.2) is 0 Å². The summed E-state index contributed by atoms with van der Waals surface area (Å²) in [6.07, 6.45) is 2.76. The second-order valence-corrected chi connectivity index (χ2v) is 4.99. The lowest BCUT2D eigenvalue weighted by Gasteiger charge is -2.13. The Labute approximate surface area is 86.9 Å². The van der Waals surface area contributed by atoms with Crippen molar-refractivity contribution < 1.29 is 0 Å². The molecular formula is C8H12ClN3S. The number of aromatic nitrogens is 2. The van der Waals surface area contributed by atoms with Crippen LogP contribution in [0.1, 0.15) is 18.5 Å². The topological polar surface area (TPSA) is 29.0 Å². The van der Waals surface area contributed by atoms with E-state index in [4.69, 9.17) is 11.6 Å². The van der Waals surface area contributed by atoms with Crippen LogP contribution in [0.15, 0.2) is 0 Å². The van der Waals surface area contributed by atoms with Crippen LogP contribution in [-0.2, 0) is 6.54 Å². The average molecular weight is 218 g/mol. The molecule has 72 valence electrons. The van der Waals surface area contributed by atoms with E-state index >= 15 is 0 Å². The fraction of sp³-hybridized carbons (Fsp3) is 0.750. The molecule has 0 aliphatic heterocycles. The van der Waals surface area contributed by atoms with Gasteiger partial charge in [0.2, 0.25) is 0 Å². The van der Waals surface area contributed by atoms with Crippen LogP contribution in [0.5, 0.6) is 0 Å². The second-order valence-electron chi connectivity index (χ2n) is 3.63. The highest BCUT2D eigenvalue weighted by Crippen LogP contribution is 2.30. The van der Waals surface area contributed by atoms with Gasteiger partial charge in [0.05, 0.1) is 0 Å². The average Bonchev–Trinajstić information content (AvgIpc) is 2.79. The minimum atomic E-state index is 0.725. The van der Waals surface area contributed by atoms with Crippen LogP contribution in [0.2, 0.25) is 4.34 Å². The van der Waals surface area contributed by atoms with Crippen molar-refractivity contribution in [3.05, 3.63) is 10.0 Å². The molecule has 0 bridgehead atoms. The zero-order valence-corrected chi connectivity index (χ0v) is 9.11. The van der Waals surface area contributed by atoms with Crippen molar-refractivity contribution in [2.45, 2.75) is 19.4 Å². The van der Waals surface area contributed by atoms with Crippen LogP contribution in [0.25, 0.3) is 0 Å². The van der Waals surface area contributed by atoms with E-state index < -0.39 is 0 Å². The Morgan fingerprint density at radius 1 is 1.62 bits per heavy atom. The van der Waals surface area contributed by atoms with Gasteiger partial charge in [-0.2, -0.15) is 0 Å². The Hall–Kier alpha value is -0.190. The van der Waals surface area contributed by atoms with Gasteiger partial charge in [-0.3, -0.25) is 0 Å². The van der Waals surface area contributed by atoms with Crippen molar-refractivity contribution in [3.63, 3.8) is 0 Å². The van der Waals surface area contributed by atoms with Gasteiger partial charge in [0, 0.05) is 24.6 Å². The van der Waals surface area contributed by atoms with E-state index in [1.807, 2.05) is 0 Å². The molecule has 0 amide bonds. The van der Waals surface area contributed by atoms with Gasteiger partial charge in [-0.05, 0) is 25.8 Å². The number of hydrogen-bond donors (Lipinski definition) is 0. The molecule has 1 aromatic heterocycles. The molecule has 1 aliphatic carbocycles. The van der Waals surface area contributed by atoms with Gasteiger partial charge in [-0.15, -0.1) is 5.10 Å². The number of nitrogens with zero attached hydrogens (tertiary/aromatic N) is 3. The first-order chi connectivity index (χ1) is 6.25. The third-order valence-electron chi connectivity index (χ3n) is 2.20. The molecule has 2 rings (SSSR count). The van der Waals surface area contributed by atoms with Crippen molar-refractivity contribution in [2.24, 2.45) is 5.92 Å². The zero-order chi connectivity index (χ0) is 9.26. The van der Waals surface area contributed by atoms with Crippen molar-refractivity contribution in [2.75, 3.05) is 13.6 Å². The fourth-order valence-electron chi connectivity index (χ4n) is 1.35. The summed E-state index contributed by atoms with van der Waals surface area (Å²) in [4.78, 5) is 2.26. The molecule has 0 radical (unpaired) electrons. The molecule has 1 saturated carbocycles. The zero-order valence-electron chi connectivity index (χ0n) is 7.53. The number of rotatable bonds is 4. The van der Waals surface area contributed by atoms with E-state index in [1.54, 1.807) is 0 Å². The van der Waals surface area contributed by atoms with Crippen LogP contribution in [-0.4, -0.2) is 28.1 Å². The molecule has 0 atom stereocenters. The highest BCUT2D eigenvalue weighted by atomic mass is 35.5. The van der Waals surface area contributed by atoms with E-state index in [0.717, 1.165) is 29.0 Å². The minimum absolute atomic E-state index is 0.725. The molecule has 5 heteroatoms. The van der Waals surface area contributed by atoms with Crippen molar-refractivity contribution in [1.82, 2.24) is 14.5 Å². The summed E-state index contributed by atoms with van der Waals surface area (Å²) in [6.45, 7) is 1.99. The molecule has 13 heavy (non-hydrogen) atoms. The maximum absolute atomic E-state index is 5.90. The summed E-state index contributed by atoms with van der Waals surface area (Å²) in [5, 5.41) is 3.98. The fourth-order valence-corrected chi connectivity index (χ4v) is 1.96. The van der Waals surface area contributed by atoms with Gasteiger partial charge in [0.25, 0.3) is 0 Å². The molecule has 3 nitrogen and oxygen atoms in total. The first kappa shape index (κ1) is 9.37. The van der Waals surface area contributed by atoms with E-state index in [0.29, 0.717) is 0 Å². The molecule has 1 heterocycles. The smallest absolute Gasteiger partial charge is 0.138 e. The summed E-state index contributed by atoms with van der Waals surface area (Å²) in [7, 11) is 2.11. The van der Waals surface area contributed by atoms with E-state index in [9.17, 15) is 0 Å². The van der Waals surface area contributed by atoms with Crippen LogP contribution >= 0.6 is 23.1 Å². The normalized spacial score (nSPS) is 16.8. The quantitative estimate of drug-likeness (QED) is 0.773. The Morgan fingerprint density at radius 3 is 2.92 bits per heavy atom. The molecular weight excluding hydrogens is 206 g/mol. The number of halogens is 1. The Bertz CT molecular complexity index is 285. The first-order valence-electron chi connectivity index (χ1n) is 4.41. The minimum Gasteiger partial charge on any atom is -0.300 e. The second kappa shape index (κ2) is 3.90. The maximum Gasteiger partial charge on any atom is 0.138 e. The Morgan fingerprint density at radius 2 is 2.38 bits per heavy atom. The van der Waals surface area contributed by atoms with Crippen LogP contribution in [0.4, 0.5) is 0 Å². The predicted molar refractivity (Wildman–Crippen MR) is 54.0 cm³/mol. The standard InChI is InChI=1S/C8H12ClN3S/c1-12(4-6-2-3-6)5-7-8(9)13-11-10-7/h6H,2-5H2,1H3. The summed E-state index contributed by atoms with van der Waals surface area (Å²) in [5.41, 5.74) is 0.912. The molecule has 0 spiro atoms. The van der Waals surface area contributed by atoms with Gasteiger partial charge < -0.3 is 4.90 Å². The summed E-state index contributed by atoms with van der Waals surface area (Å²) in [6, 6.07) is 0. The third-order valence-corrected chi connectivity index (χ3v) is 3.18. The third kappa shape index (κ3) is 2.62. The van der Waals surface area contributed by atoms with Crippen molar-refractivity contribution >= 4 is 23.1 Å². The molecule has 1 aromatic rings. The summed E-state index contributed by atoms with van der Waals surface area (Å²) >= 11 is 7.16.